The minimum absolute atomic E-state index is 0.0767. The summed E-state index contributed by atoms with van der Waals surface area (Å²) >= 11 is 5.67. The van der Waals surface area contributed by atoms with Crippen LogP contribution in [0.25, 0.3) is 0 Å². The van der Waals surface area contributed by atoms with Gasteiger partial charge in [-0.1, -0.05) is 0 Å². The topological polar surface area (TPSA) is 66.7 Å². The van der Waals surface area contributed by atoms with Gasteiger partial charge in [0.05, 0.1) is 11.0 Å². The Bertz CT molecular complexity index is 547. The van der Waals surface area contributed by atoms with E-state index in [1.54, 1.807) is 4.90 Å². The number of rotatable bonds is 4. The molecular formula is C13H15ClFN3O3. The number of nitro benzene ring substituents is 1. The molecule has 0 radical (unpaired) electrons. The van der Waals surface area contributed by atoms with Crippen LogP contribution in [0.15, 0.2) is 18.2 Å². The number of amides is 1. The van der Waals surface area contributed by atoms with Crippen LogP contribution in [-0.2, 0) is 0 Å². The van der Waals surface area contributed by atoms with Crippen LogP contribution in [0.5, 0.6) is 0 Å². The molecule has 0 unspecified atom stereocenters. The Morgan fingerprint density at radius 1 is 1.33 bits per heavy atom. The van der Waals surface area contributed by atoms with Gasteiger partial charge in [-0.15, -0.1) is 11.6 Å². The number of piperazine rings is 1. The van der Waals surface area contributed by atoms with E-state index in [1.807, 2.05) is 0 Å². The van der Waals surface area contributed by atoms with Crippen LogP contribution in [0.4, 0.5) is 10.1 Å². The van der Waals surface area contributed by atoms with Crippen LogP contribution in [-0.4, -0.2) is 59.2 Å². The maximum atomic E-state index is 13.1. The minimum Gasteiger partial charge on any atom is -0.336 e. The van der Waals surface area contributed by atoms with E-state index < -0.39 is 22.3 Å². The first-order chi connectivity index (χ1) is 10.0. The van der Waals surface area contributed by atoms with Crippen molar-refractivity contribution in [3.05, 3.63) is 39.7 Å². The van der Waals surface area contributed by atoms with Gasteiger partial charge in [0.1, 0.15) is 11.4 Å². The third-order valence-electron chi connectivity index (χ3n) is 3.45. The van der Waals surface area contributed by atoms with Crippen molar-refractivity contribution >= 4 is 23.2 Å². The summed E-state index contributed by atoms with van der Waals surface area (Å²) in [5.74, 6) is -0.644. The Morgan fingerprint density at radius 2 is 2.00 bits per heavy atom. The predicted octanol–water partition coefficient (Wildman–Crippen LogP) is 1.73. The zero-order chi connectivity index (χ0) is 15.4. The zero-order valence-electron chi connectivity index (χ0n) is 11.3. The molecule has 0 aliphatic carbocycles. The Morgan fingerprint density at radius 3 is 2.57 bits per heavy atom. The van der Waals surface area contributed by atoms with Gasteiger partial charge < -0.3 is 4.90 Å². The molecule has 1 aromatic carbocycles. The molecular weight excluding hydrogens is 301 g/mol. The molecule has 0 spiro atoms. The van der Waals surface area contributed by atoms with E-state index in [9.17, 15) is 19.3 Å². The molecule has 0 N–H and O–H groups in total. The van der Waals surface area contributed by atoms with Crippen LogP contribution in [0.2, 0.25) is 0 Å². The summed E-state index contributed by atoms with van der Waals surface area (Å²) in [6.45, 7) is 3.05. The Balaban J connectivity index is 2.13. The number of hydrogen-bond donors (Lipinski definition) is 0. The third-order valence-corrected chi connectivity index (χ3v) is 3.62. The van der Waals surface area contributed by atoms with Crippen LogP contribution in [0, 0.1) is 15.9 Å². The molecule has 21 heavy (non-hydrogen) atoms. The summed E-state index contributed by atoms with van der Waals surface area (Å²) in [6, 6.07) is 3.00. The molecule has 6 nitrogen and oxygen atoms in total. The standard InChI is InChI=1S/C13H15ClFN3O3/c14-3-4-16-5-7-17(8-6-16)13(19)11-2-1-10(15)9-12(11)18(20)21/h1-2,9H,3-8H2. The second kappa shape index (κ2) is 6.82. The van der Waals surface area contributed by atoms with Crippen molar-refractivity contribution in [1.29, 1.82) is 0 Å². The first-order valence-corrected chi connectivity index (χ1v) is 7.08. The van der Waals surface area contributed by atoms with E-state index in [-0.39, 0.29) is 5.56 Å². The van der Waals surface area contributed by atoms with Gasteiger partial charge >= 0.3 is 0 Å². The molecule has 1 amide bonds. The van der Waals surface area contributed by atoms with Crippen LogP contribution < -0.4 is 0 Å². The van der Waals surface area contributed by atoms with E-state index >= 15 is 0 Å². The van der Waals surface area contributed by atoms with Crippen molar-refractivity contribution in [2.75, 3.05) is 38.6 Å². The van der Waals surface area contributed by atoms with Gasteiger partial charge in [0.2, 0.25) is 0 Å². The average Bonchev–Trinajstić information content (AvgIpc) is 2.47. The van der Waals surface area contributed by atoms with Crippen LogP contribution in [0.1, 0.15) is 10.4 Å². The summed E-state index contributed by atoms with van der Waals surface area (Å²) in [7, 11) is 0. The largest absolute Gasteiger partial charge is 0.336 e. The number of nitrogens with zero attached hydrogens (tertiary/aromatic N) is 3. The maximum Gasteiger partial charge on any atom is 0.285 e. The lowest BCUT2D eigenvalue weighted by Crippen LogP contribution is -2.49. The molecule has 0 bridgehead atoms. The van der Waals surface area contributed by atoms with Crippen molar-refractivity contribution < 1.29 is 14.1 Å². The second-order valence-electron chi connectivity index (χ2n) is 4.74. The first-order valence-electron chi connectivity index (χ1n) is 6.54. The Hall–Kier alpha value is -1.73. The van der Waals surface area contributed by atoms with Crippen molar-refractivity contribution in [3.63, 3.8) is 0 Å². The Kier molecular flexibility index (Phi) is 5.08. The van der Waals surface area contributed by atoms with Gasteiger partial charge in [0, 0.05) is 38.6 Å². The summed E-state index contributed by atoms with van der Waals surface area (Å²) in [5, 5.41) is 10.9. The molecule has 0 aromatic heterocycles. The monoisotopic (exact) mass is 315 g/mol. The molecule has 1 aliphatic rings. The summed E-state index contributed by atoms with van der Waals surface area (Å²) < 4.78 is 13.1. The molecule has 8 heteroatoms. The summed E-state index contributed by atoms with van der Waals surface area (Å²) in [6.07, 6.45) is 0. The molecule has 1 fully saturated rings. The molecule has 0 saturated carbocycles. The molecule has 0 atom stereocenters. The lowest BCUT2D eigenvalue weighted by molar-refractivity contribution is -0.385. The lowest BCUT2D eigenvalue weighted by atomic mass is 10.1. The highest BCUT2D eigenvalue weighted by Gasteiger charge is 2.27. The molecule has 2 rings (SSSR count). The Labute approximate surface area is 126 Å². The number of carbonyl (C=O) groups is 1. The molecule has 1 aromatic rings. The van der Waals surface area contributed by atoms with Crippen molar-refractivity contribution in [1.82, 2.24) is 9.80 Å². The van der Waals surface area contributed by atoms with Crippen LogP contribution in [0.3, 0.4) is 0 Å². The van der Waals surface area contributed by atoms with Crippen molar-refractivity contribution in [2.24, 2.45) is 0 Å². The summed E-state index contributed by atoms with van der Waals surface area (Å²) in [4.78, 5) is 26.2. The molecule has 1 saturated heterocycles. The average molecular weight is 316 g/mol. The number of halogens is 2. The minimum atomic E-state index is -0.736. The number of hydrogen-bond acceptors (Lipinski definition) is 4. The van der Waals surface area contributed by atoms with Gasteiger partial charge in [-0.3, -0.25) is 19.8 Å². The fourth-order valence-electron chi connectivity index (χ4n) is 2.30. The van der Waals surface area contributed by atoms with Gasteiger partial charge in [0.25, 0.3) is 11.6 Å². The van der Waals surface area contributed by atoms with Crippen LogP contribution >= 0.6 is 11.6 Å². The zero-order valence-corrected chi connectivity index (χ0v) is 12.1. The van der Waals surface area contributed by atoms with Gasteiger partial charge in [-0.05, 0) is 12.1 Å². The fraction of sp³-hybridized carbons (Fsp3) is 0.462. The number of alkyl halides is 1. The smallest absolute Gasteiger partial charge is 0.285 e. The number of carbonyl (C=O) groups excluding carboxylic acids is 1. The second-order valence-corrected chi connectivity index (χ2v) is 5.12. The first kappa shape index (κ1) is 15.7. The third kappa shape index (κ3) is 3.68. The normalized spacial score (nSPS) is 16.0. The highest BCUT2D eigenvalue weighted by atomic mass is 35.5. The number of nitro groups is 1. The quantitative estimate of drug-likeness (QED) is 0.482. The lowest BCUT2D eigenvalue weighted by Gasteiger charge is -2.34. The van der Waals surface area contributed by atoms with E-state index in [4.69, 9.17) is 11.6 Å². The fourth-order valence-corrected chi connectivity index (χ4v) is 2.54. The molecule has 1 aliphatic heterocycles. The van der Waals surface area contributed by atoms with Gasteiger partial charge in [0.15, 0.2) is 0 Å². The summed E-state index contributed by atoms with van der Waals surface area (Å²) in [5.41, 5.74) is -0.574. The van der Waals surface area contributed by atoms with Gasteiger partial charge in [-0.25, -0.2) is 4.39 Å². The van der Waals surface area contributed by atoms with E-state index in [1.165, 1.54) is 6.07 Å². The SMILES string of the molecule is O=C(c1ccc(F)cc1[N+](=O)[O-])N1CCN(CCCl)CC1. The van der Waals surface area contributed by atoms with Crippen molar-refractivity contribution in [3.8, 4) is 0 Å². The maximum absolute atomic E-state index is 13.1. The van der Waals surface area contributed by atoms with E-state index in [0.717, 1.165) is 18.7 Å². The highest BCUT2D eigenvalue weighted by molar-refractivity contribution is 6.18. The van der Waals surface area contributed by atoms with Gasteiger partial charge in [-0.2, -0.15) is 0 Å². The predicted molar refractivity (Wildman–Crippen MR) is 76.1 cm³/mol. The van der Waals surface area contributed by atoms with Crippen molar-refractivity contribution in [2.45, 2.75) is 0 Å². The molecule has 1 heterocycles. The highest BCUT2D eigenvalue weighted by Crippen LogP contribution is 2.22. The van der Waals surface area contributed by atoms with E-state index in [2.05, 4.69) is 4.90 Å². The van der Waals surface area contributed by atoms with E-state index in [0.29, 0.717) is 32.1 Å². The molecule has 114 valence electrons. The number of benzene rings is 1.